The van der Waals surface area contributed by atoms with Crippen molar-refractivity contribution in [3.05, 3.63) is 36.1 Å². The summed E-state index contributed by atoms with van der Waals surface area (Å²) in [6.45, 7) is 2.68. The molecule has 0 bridgehead atoms. The van der Waals surface area contributed by atoms with E-state index >= 15 is 0 Å². The number of rotatable bonds is 5. The minimum atomic E-state index is 0.247. The molecule has 2 heteroatoms. The third-order valence-corrected chi connectivity index (χ3v) is 2.14. The molecule has 1 unspecified atom stereocenters. The number of ether oxygens (including phenoxy) is 2. The molecule has 14 heavy (non-hydrogen) atoms. The summed E-state index contributed by atoms with van der Waals surface area (Å²) < 4.78 is 10.5. The lowest BCUT2D eigenvalue weighted by molar-refractivity contribution is 0.141. The van der Waals surface area contributed by atoms with Crippen LogP contribution in [0.3, 0.4) is 0 Å². The molecule has 0 fully saturated rings. The maximum Gasteiger partial charge on any atom is 0.0913 e. The minimum Gasteiger partial charge on any atom is -0.501 e. The van der Waals surface area contributed by atoms with Crippen LogP contribution >= 0.6 is 0 Å². The van der Waals surface area contributed by atoms with Crippen molar-refractivity contribution in [1.29, 1.82) is 0 Å². The molecular weight excluding hydrogens is 176 g/mol. The van der Waals surface area contributed by atoms with Crippen LogP contribution in [-0.4, -0.2) is 19.8 Å². The van der Waals surface area contributed by atoms with E-state index in [-0.39, 0.29) is 6.10 Å². The van der Waals surface area contributed by atoms with Gasteiger partial charge in [0.15, 0.2) is 0 Å². The molecule has 0 aromatic rings. The average Bonchev–Trinajstić information content (AvgIpc) is 2.25. The van der Waals surface area contributed by atoms with Crippen molar-refractivity contribution >= 4 is 0 Å². The molecule has 0 aromatic heterocycles. The number of hydrogen-bond acceptors (Lipinski definition) is 2. The van der Waals surface area contributed by atoms with E-state index in [2.05, 4.69) is 18.2 Å². The van der Waals surface area contributed by atoms with Gasteiger partial charge in [-0.3, -0.25) is 0 Å². The largest absolute Gasteiger partial charge is 0.501 e. The molecule has 1 aliphatic carbocycles. The van der Waals surface area contributed by atoms with E-state index in [4.69, 9.17) is 9.47 Å². The lowest BCUT2D eigenvalue weighted by Gasteiger charge is -2.14. The SMILES string of the molecule is C/C=C/OCCC1=CC(OC)CC=C1. The van der Waals surface area contributed by atoms with E-state index in [1.165, 1.54) is 5.57 Å². The molecule has 1 aliphatic rings. The van der Waals surface area contributed by atoms with Gasteiger partial charge in [-0.25, -0.2) is 0 Å². The summed E-state index contributed by atoms with van der Waals surface area (Å²) in [5.41, 5.74) is 1.30. The van der Waals surface area contributed by atoms with Crippen molar-refractivity contribution in [2.45, 2.75) is 25.9 Å². The molecule has 0 saturated carbocycles. The van der Waals surface area contributed by atoms with Crippen LogP contribution in [0.1, 0.15) is 19.8 Å². The first kappa shape index (κ1) is 11.1. The first-order chi connectivity index (χ1) is 6.86. The molecule has 0 amide bonds. The van der Waals surface area contributed by atoms with Gasteiger partial charge >= 0.3 is 0 Å². The summed E-state index contributed by atoms with van der Waals surface area (Å²) in [5, 5.41) is 0. The van der Waals surface area contributed by atoms with Crippen molar-refractivity contribution in [3.8, 4) is 0 Å². The van der Waals surface area contributed by atoms with Crippen LogP contribution in [0.15, 0.2) is 36.1 Å². The van der Waals surface area contributed by atoms with Gasteiger partial charge in [-0.1, -0.05) is 24.3 Å². The maximum absolute atomic E-state index is 5.27. The molecule has 0 aromatic carbocycles. The van der Waals surface area contributed by atoms with Crippen LogP contribution in [-0.2, 0) is 9.47 Å². The Balaban J connectivity index is 2.29. The first-order valence-electron chi connectivity index (χ1n) is 4.99. The predicted molar refractivity (Wildman–Crippen MR) is 58.0 cm³/mol. The lowest BCUT2D eigenvalue weighted by Crippen LogP contribution is -2.09. The van der Waals surface area contributed by atoms with Gasteiger partial charge in [-0.2, -0.15) is 0 Å². The van der Waals surface area contributed by atoms with Crippen LogP contribution in [0, 0.1) is 0 Å². The molecule has 0 saturated heterocycles. The molecule has 0 radical (unpaired) electrons. The molecule has 1 atom stereocenters. The zero-order valence-corrected chi connectivity index (χ0v) is 8.90. The molecule has 2 nitrogen and oxygen atoms in total. The molecule has 0 N–H and O–H groups in total. The van der Waals surface area contributed by atoms with Gasteiger partial charge in [0.05, 0.1) is 19.0 Å². The van der Waals surface area contributed by atoms with Crippen LogP contribution < -0.4 is 0 Å². The standard InChI is InChI=1S/C12H18O2/c1-3-8-14-9-7-11-5-4-6-12(10-11)13-2/h3-5,8,10,12H,6-7,9H2,1-2H3/b8-3+. The van der Waals surface area contributed by atoms with E-state index in [1.807, 2.05) is 13.0 Å². The lowest BCUT2D eigenvalue weighted by atomic mass is 10.0. The quantitative estimate of drug-likeness (QED) is 0.495. The Morgan fingerprint density at radius 2 is 2.43 bits per heavy atom. The Kier molecular flexibility index (Phi) is 5.08. The fourth-order valence-corrected chi connectivity index (χ4v) is 1.39. The Labute approximate surface area is 85.9 Å². The van der Waals surface area contributed by atoms with Crippen LogP contribution in [0.5, 0.6) is 0 Å². The van der Waals surface area contributed by atoms with E-state index < -0.39 is 0 Å². The third-order valence-electron chi connectivity index (χ3n) is 2.14. The molecule has 0 spiro atoms. The van der Waals surface area contributed by atoms with E-state index in [1.54, 1.807) is 13.4 Å². The van der Waals surface area contributed by atoms with E-state index in [0.717, 1.165) is 19.4 Å². The fourth-order valence-electron chi connectivity index (χ4n) is 1.39. The molecular formula is C12H18O2. The van der Waals surface area contributed by atoms with Crippen molar-refractivity contribution in [1.82, 2.24) is 0 Å². The first-order valence-corrected chi connectivity index (χ1v) is 4.99. The van der Waals surface area contributed by atoms with Crippen LogP contribution in [0.25, 0.3) is 0 Å². The monoisotopic (exact) mass is 194 g/mol. The van der Waals surface area contributed by atoms with Crippen molar-refractivity contribution in [3.63, 3.8) is 0 Å². The summed E-state index contributed by atoms with van der Waals surface area (Å²) in [6, 6.07) is 0. The Bertz CT molecular complexity index is 239. The second-order valence-electron chi connectivity index (χ2n) is 3.24. The third kappa shape index (κ3) is 3.79. The van der Waals surface area contributed by atoms with Crippen LogP contribution in [0.2, 0.25) is 0 Å². The van der Waals surface area contributed by atoms with Gasteiger partial charge in [0, 0.05) is 13.5 Å². The van der Waals surface area contributed by atoms with Gasteiger partial charge < -0.3 is 9.47 Å². The molecule has 78 valence electrons. The van der Waals surface area contributed by atoms with Crippen molar-refractivity contribution < 1.29 is 9.47 Å². The van der Waals surface area contributed by atoms with Crippen molar-refractivity contribution in [2.75, 3.05) is 13.7 Å². The Morgan fingerprint density at radius 3 is 3.14 bits per heavy atom. The van der Waals surface area contributed by atoms with Gasteiger partial charge in [-0.05, 0) is 18.9 Å². The highest BCUT2D eigenvalue weighted by Gasteiger charge is 2.07. The smallest absolute Gasteiger partial charge is 0.0913 e. The topological polar surface area (TPSA) is 18.5 Å². The zero-order valence-electron chi connectivity index (χ0n) is 8.90. The second-order valence-corrected chi connectivity index (χ2v) is 3.24. The van der Waals surface area contributed by atoms with Crippen LogP contribution in [0.4, 0.5) is 0 Å². The number of hydrogen-bond donors (Lipinski definition) is 0. The maximum atomic E-state index is 5.27. The minimum absolute atomic E-state index is 0.247. The van der Waals surface area contributed by atoms with Gasteiger partial charge in [0.1, 0.15) is 0 Å². The van der Waals surface area contributed by atoms with Gasteiger partial charge in [0.2, 0.25) is 0 Å². The number of allylic oxidation sites excluding steroid dienone is 2. The fraction of sp³-hybridized carbons (Fsp3) is 0.500. The molecule has 1 rings (SSSR count). The Hall–Kier alpha value is -1.02. The summed E-state index contributed by atoms with van der Waals surface area (Å²) in [6.07, 6.45) is 12.3. The number of methoxy groups -OCH3 is 1. The highest BCUT2D eigenvalue weighted by Crippen LogP contribution is 2.15. The zero-order chi connectivity index (χ0) is 10.2. The van der Waals surface area contributed by atoms with Crippen molar-refractivity contribution in [2.24, 2.45) is 0 Å². The summed E-state index contributed by atoms with van der Waals surface area (Å²) >= 11 is 0. The van der Waals surface area contributed by atoms with E-state index in [0.29, 0.717) is 0 Å². The van der Waals surface area contributed by atoms with Gasteiger partial charge in [0.25, 0.3) is 0 Å². The van der Waals surface area contributed by atoms with Gasteiger partial charge in [-0.15, -0.1) is 0 Å². The molecule has 0 aliphatic heterocycles. The summed E-state index contributed by atoms with van der Waals surface area (Å²) in [5.74, 6) is 0. The highest BCUT2D eigenvalue weighted by molar-refractivity contribution is 5.24. The predicted octanol–water partition coefficient (Wildman–Crippen LogP) is 2.83. The normalized spacial score (nSPS) is 21.3. The highest BCUT2D eigenvalue weighted by atomic mass is 16.5. The average molecular weight is 194 g/mol. The Morgan fingerprint density at radius 1 is 1.57 bits per heavy atom. The second kappa shape index (κ2) is 6.44. The van der Waals surface area contributed by atoms with E-state index in [9.17, 15) is 0 Å². The molecule has 0 heterocycles. The summed E-state index contributed by atoms with van der Waals surface area (Å²) in [7, 11) is 1.74. The summed E-state index contributed by atoms with van der Waals surface area (Å²) in [4.78, 5) is 0.